The molecule has 3 aromatic heterocycles. The summed E-state index contributed by atoms with van der Waals surface area (Å²) in [6.07, 6.45) is 9.35. The first kappa shape index (κ1) is 26.3. The maximum absolute atomic E-state index is 15.2. The van der Waals surface area contributed by atoms with E-state index in [1.807, 2.05) is 4.90 Å². The summed E-state index contributed by atoms with van der Waals surface area (Å²) in [6.45, 7) is 3.53. The summed E-state index contributed by atoms with van der Waals surface area (Å²) in [7, 11) is 0. The molecule has 4 aromatic rings. The van der Waals surface area contributed by atoms with Crippen LogP contribution < -0.4 is 15.6 Å². The van der Waals surface area contributed by atoms with Gasteiger partial charge in [-0.2, -0.15) is 5.26 Å². The van der Waals surface area contributed by atoms with Crippen LogP contribution in [0.4, 0.5) is 15.1 Å². The SMILES string of the molecule is CC1CCc2c(sc(NC(=O)c3ccoc3CC3CCCCN(c4cc5[nH]ccc(=O)c5cc4F)C3)c2C#N)C1. The summed E-state index contributed by atoms with van der Waals surface area (Å²) in [5.41, 5.74) is 3.00. The van der Waals surface area contributed by atoms with Crippen LogP contribution in [0.3, 0.4) is 0 Å². The van der Waals surface area contributed by atoms with Gasteiger partial charge in [0.05, 0.1) is 28.6 Å². The van der Waals surface area contributed by atoms with Crippen molar-refractivity contribution in [2.45, 2.75) is 51.9 Å². The number of aromatic amines is 1. The van der Waals surface area contributed by atoms with Gasteiger partial charge in [0.15, 0.2) is 5.43 Å². The third kappa shape index (κ3) is 5.04. The molecular weight excluding hydrogens is 527 g/mol. The van der Waals surface area contributed by atoms with Crippen molar-refractivity contribution in [1.82, 2.24) is 4.98 Å². The minimum Gasteiger partial charge on any atom is -0.468 e. The lowest BCUT2D eigenvalue weighted by atomic mass is 9.88. The van der Waals surface area contributed by atoms with Crippen LogP contribution >= 0.6 is 11.3 Å². The fraction of sp³-hybridized carbons (Fsp3) is 0.387. The number of nitrogens with zero attached hydrogens (tertiary/aromatic N) is 2. The zero-order chi connectivity index (χ0) is 27.8. The zero-order valence-corrected chi connectivity index (χ0v) is 23.2. The maximum atomic E-state index is 15.2. The number of pyridine rings is 1. The number of H-pyrrole nitrogens is 1. The molecule has 1 fully saturated rings. The summed E-state index contributed by atoms with van der Waals surface area (Å²) >= 11 is 1.51. The molecule has 1 saturated heterocycles. The Bertz CT molecular complexity index is 1680. The Morgan fingerprint density at radius 1 is 1.30 bits per heavy atom. The van der Waals surface area contributed by atoms with E-state index in [1.54, 1.807) is 18.3 Å². The van der Waals surface area contributed by atoms with Crippen molar-refractivity contribution in [3.8, 4) is 6.07 Å². The number of benzene rings is 1. The monoisotopic (exact) mass is 558 g/mol. The lowest BCUT2D eigenvalue weighted by Crippen LogP contribution is -2.30. The number of hydrogen-bond donors (Lipinski definition) is 2. The molecule has 0 bridgehead atoms. The van der Waals surface area contributed by atoms with E-state index < -0.39 is 5.82 Å². The molecule has 1 aliphatic heterocycles. The van der Waals surface area contributed by atoms with Gasteiger partial charge in [0.25, 0.3) is 5.91 Å². The predicted molar refractivity (Wildman–Crippen MR) is 155 cm³/mol. The van der Waals surface area contributed by atoms with Gasteiger partial charge in [-0.25, -0.2) is 4.39 Å². The van der Waals surface area contributed by atoms with Crippen molar-refractivity contribution in [2.24, 2.45) is 11.8 Å². The molecule has 2 aliphatic rings. The van der Waals surface area contributed by atoms with Crippen molar-refractivity contribution in [3.05, 3.63) is 80.1 Å². The first-order valence-corrected chi connectivity index (χ1v) is 14.7. The first-order chi connectivity index (χ1) is 19.4. The summed E-state index contributed by atoms with van der Waals surface area (Å²) < 4.78 is 21.0. The zero-order valence-electron chi connectivity index (χ0n) is 22.4. The van der Waals surface area contributed by atoms with E-state index in [4.69, 9.17) is 4.42 Å². The molecule has 6 rings (SSSR count). The summed E-state index contributed by atoms with van der Waals surface area (Å²) in [6, 6.07) is 8.42. The highest BCUT2D eigenvalue weighted by atomic mass is 32.1. The van der Waals surface area contributed by atoms with Crippen LogP contribution in [-0.2, 0) is 19.3 Å². The molecule has 0 radical (unpaired) electrons. The number of nitriles is 1. The Labute approximate surface area is 235 Å². The van der Waals surface area contributed by atoms with Gasteiger partial charge in [-0.15, -0.1) is 11.3 Å². The van der Waals surface area contributed by atoms with Crippen LogP contribution in [0.2, 0.25) is 0 Å². The number of amides is 1. The molecule has 1 amide bonds. The quantitative estimate of drug-likeness (QED) is 0.294. The van der Waals surface area contributed by atoms with Crippen LogP contribution in [0.25, 0.3) is 10.9 Å². The molecule has 7 nitrogen and oxygen atoms in total. The Morgan fingerprint density at radius 2 is 2.17 bits per heavy atom. The Hall–Kier alpha value is -3.90. The van der Waals surface area contributed by atoms with E-state index >= 15 is 4.39 Å². The van der Waals surface area contributed by atoms with Crippen LogP contribution in [0.1, 0.15) is 64.7 Å². The Kier molecular flexibility index (Phi) is 7.20. The second kappa shape index (κ2) is 10.9. The summed E-state index contributed by atoms with van der Waals surface area (Å²) in [4.78, 5) is 31.8. The van der Waals surface area contributed by atoms with Crippen LogP contribution in [0.15, 0.2) is 45.9 Å². The van der Waals surface area contributed by atoms with Crippen molar-refractivity contribution < 1.29 is 13.6 Å². The largest absolute Gasteiger partial charge is 0.468 e. The van der Waals surface area contributed by atoms with E-state index in [1.165, 1.54) is 34.6 Å². The second-order valence-electron chi connectivity index (χ2n) is 11.1. The maximum Gasteiger partial charge on any atom is 0.259 e. The second-order valence-corrected chi connectivity index (χ2v) is 12.2. The number of hydrogen-bond acceptors (Lipinski definition) is 6. The molecule has 2 atom stereocenters. The molecule has 4 heterocycles. The molecule has 2 unspecified atom stereocenters. The Morgan fingerprint density at radius 3 is 3.02 bits per heavy atom. The smallest absolute Gasteiger partial charge is 0.259 e. The van der Waals surface area contributed by atoms with Crippen molar-refractivity contribution in [1.29, 1.82) is 5.26 Å². The lowest BCUT2D eigenvalue weighted by molar-refractivity contribution is 0.102. The first-order valence-electron chi connectivity index (χ1n) is 13.9. The van der Waals surface area contributed by atoms with Gasteiger partial charge in [0, 0.05) is 42.0 Å². The average molecular weight is 559 g/mol. The van der Waals surface area contributed by atoms with Gasteiger partial charge in [0.1, 0.15) is 22.6 Å². The van der Waals surface area contributed by atoms with Crippen LogP contribution in [0, 0.1) is 29.0 Å². The van der Waals surface area contributed by atoms with E-state index in [0.717, 1.165) is 44.1 Å². The molecule has 1 aromatic carbocycles. The molecule has 2 N–H and O–H groups in total. The lowest BCUT2D eigenvalue weighted by Gasteiger charge is -2.27. The van der Waals surface area contributed by atoms with Crippen LogP contribution in [-0.4, -0.2) is 24.0 Å². The van der Waals surface area contributed by atoms with E-state index in [0.29, 0.717) is 63.9 Å². The van der Waals surface area contributed by atoms with Crippen LogP contribution in [0.5, 0.6) is 0 Å². The molecule has 206 valence electrons. The topological polar surface area (TPSA) is 102 Å². The number of halogens is 1. The number of anilines is 2. The van der Waals surface area contributed by atoms with E-state index in [9.17, 15) is 14.9 Å². The molecule has 40 heavy (non-hydrogen) atoms. The van der Waals surface area contributed by atoms with Crippen molar-refractivity contribution in [3.63, 3.8) is 0 Å². The molecule has 9 heteroatoms. The van der Waals surface area contributed by atoms with Gasteiger partial charge >= 0.3 is 0 Å². The van der Waals surface area contributed by atoms with Gasteiger partial charge < -0.3 is 19.6 Å². The average Bonchev–Trinajstić information content (AvgIpc) is 3.45. The van der Waals surface area contributed by atoms with E-state index in [-0.39, 0.29) is 17.3 Å². The molecule has 0 saturated carbocycles. The number of furan rings is 1. The van der Waals surface area contributed by atoms with Gasteiger partial charge in [-0.3, -0.25) is 9.59 Å². The number of carbonyl (C=O) groups is 1. The predicted octanol–water partition coefficient (Wildman–Crippen LogP) is 6.42. The standard InChI is InChI=1S/C31H31FN4O3S/c1-18-5-6-20-23(16-33)31(40-29(20)12-18)35-30(38)21-8-11-39-28(21)13-19-4-2-3-10-36(17-19)26-15-25-22(14-24(26)32)27(37)7-9-34-25/h7-9,11,14-15,18-19H,2-6,10,12-13,17H2,1H3,(H,34,37)(H,35,38). The highest BCUT2D eigenvalue weighted by molar-refractivity contribution is 7.16. The number of rotatable bonds is 5. The summed E-state index contributed by atoms with van der Waals surface area (Å²) in [5.74, 6) is 0.633. The summed E-state index contributed by atoms with van der Waals surface area (Å²) in [5, 5.41) is 13.8. The number of fused-ring (bicyclic) bond motifs is 2. The number of aromatic nitrogens is 1. The fourth-order valence-corrected chi connectivity index (χ4v) is 7.49. The highest BCUT2D eigenvalue weighted by Crippen LogP contribution is 2.39. The highest BCUT2D eigenvalue weighted by Gasteiger charge is 2.28. The molecular formula is C31H31FN4O3S. The Balaban J connectivity index is 1.20. The number of nitrogens with one attached hydrogen (secondary N) is 2. The van der Waals surface area contributed by atoms with E-state index in [2.05, 4.69) is 23.3 Å². The third-order valence-electron chi connectivity index (χ3n) is 8.25. The minimum atomic E-state index is -0.413. The normalized spacial score (nSPS) is 19.2. The van der Waals surface area contributed by atoms with Crippen molar-refractivity contribution >= 4 is 38.8 Å². The third-order valence-corrected chi connectivity index (χ3v) is 9.42. The van der Waals surface area contributed by atoms with Gasteiger partial charge in [-0.1, -0.05) is 13.3 Å². The van der Waals surface area contributed by atoms with Crippen molar-refractivity contribution in [2.75, 3.05) is 23.3 Å². The molecule has 0 spiro atoms. The minimum absolute atomic E-state index is 0.148. The molecule has 1 aliphatic carbocycles. The van der Waals surface area contributed by atoms with Gasteiger partial charge in [0.2, 0.25) is 0 Å². The number of thiophene rings is 1. The number of carbonyl (C=O) groups excluding carboxylic acids is 1. The van der Waals surface area contributed by atoms with Gasteiger partial charge in [-0.05, 0) is 67.7 Å². The fourth-order valence-electron chi connectivity index (χ4n) is 6.13.